The highest BCUT2D eigenvalue weighted by atomic mass is 16.5. The van der Waals surface area contributed by atoms with Crippen LogP contribution in [-0.2, 0) is 56.1 Å². The van der Waals surface area contributed by atoms with Gasteiger partial charge in [0.1, 0.15) is 0 Å². The van der Waals surface area contributed by atoms with Crippen molar-refractivity contribution in [3.8, 4) is 0 Å². The molecule has 5 N–H and O–H groups in total. The normalized spacial score (nSPS) is 30.6. The lowest BCUT2D eigenvalue weighted by Gasteiger charge is -2.21. The number of benzene rings is 2. The SMILES string of the molecule is C=CC1OC(/C=C\C2OC(/C=C\C3OC(C=C)C4C(=O)N(Cc5ccccc5)C(=O)C34)C3C(=O)N(CCN=C(N)NC(=O)NCCCCCC)C(=O)C23)C2C(=O)N(CCNCc3ccccc3)C(=O)C12. The predicted octanol–water partition coefficient (Wildman–Crippen LogP) is 2.76. The molecule has 8 rings (SSSR count). The Morgan fingerprint density at radius 1 is 0.600 bits per heavy atom. The molecule has 70 heavy (non-hydrogen) atoms. The number of fused-ring (bicyclic) bond motifs is 3. The number of nitrogens with one attached hydrogen (secondary N) is 3. The molecule has 18 nitrogen and oxygen atoms in total. The molecule has 370 valence electrons. The molecule has 6 fully saturated rings. The fourth-order valence-corrected chi connectivity index (χ4v) is 10.6. The van der Waals surface area contributed by atoms with Crippen LogP contribution in [0, 0.1) is 35.5 Å². The van der Waals surface area contributed by atoms with Gasteiger partial charge < -0.3 is 30.6 Å². The number of aliphatic imine (C=N–C) groups is 1. The Bertz CT molecular complexity index is 2410. The van der Waals surface area contributed by atoms with Gasteiger partial charge in [0.2, 0.25) is 35.4 Å². The molecule has 18 heteroatoms. The van der Waals surface area contributed by atoms with Gasteiger partial charge in [-0.15, -0.1) is 13.2 Å². The second-order valence-corrected chi connectivity index (χ2v) is 18.4. The molecule has 6 saturated heterocycles. The van der Waals surface area contributed by atoms with Crippen LogP contribution in [0.4, 0.5) is 4.79 Å². The van der Waals surface area contributed by atoms with E-state index in [2.05, 4.69) is 41.0 Å². The summed E-state index contributed by atoms with van der Waals surface area (Å²) in [5.74, 6) is -8.09. The maximum atomic E-state index is 14.3. The van der Waals surface area contributed by atoms with E-state index in [1.807, 2.05) is 60.7 Å². The Kier molecular flexibility index (Phi) is 16.0. The number of urea groups is 1. The number of imide groups is 3. The molecule has 0 bridgehead atoms. The number of unbranched alkanes of at least 4 members (excludes halogenated alkanes) is 3. The molecule has 0 saturated carbocycles. The fraction of sp³-hybridized carbons (Fsp3) is 0.462. The van der Waals surface area contributed by atoms with Crippen LogP contribution in [0.15, 0.2) is 115 Å². The first-order valence-corrected chi connectivity index (χ1v) is 24.2. The quantitative estimate of drug-likeness (QED) is 0.0466. The number of guanidine groups is 1. The number of nitrogens with two attached hydrogens (primary N) is 1. The van der Waals surface area contributed by atoms with Crippen LogP contribution >= 0.6 is 0 Å². The monoisotopic (exact) mass is 958 g/mol. The third kappa shape index (κ3) is 10.3. The van der Waals surface area contributed by atoms with Gasteiger partial charge in [0, 0.05) is 32.7 Å². The molecule has 6 aliphatic heterocycles. The molecule has 2 aromatic carbocycles. The number of amides is 8. The van der Waals surface area contributed by atoms with Crippen molar-refractivity contribution >= 4 is 47.4 Å². The summed E-state index contributed by atoms with van der Waals surface area (Å²) in [6, 6.07) is 18.4. The van der Waals surface area contributed by atoms with Gasteiger partial charge in [-0.1, -0.05) is 123 Å². The average Bonchev–Trinajstić information content (AvgIpc) is 4.18. The number of ether oxygens (including phenoxy) is 3. The lowest BCUT2D eigenvalue weighted by molar-refractivity contribution is -0.144. The maximum Gasteiger partial charge on any atom is 0.321 e. The van der Waals surface area contributed by atoms with Gasteiger partial charge in [0.15, 0.2) is 5.96 Å². The van der Waals surface area contributed by atoms with Crippen LogP contribution in [0.5, 0.6) is 0 Å². The van der Waals surface area contributed by atoms with E-state index in [9.17, 15) is 33.6 Å². The summed E-state index contributed by atoms with van der Waals surface area (Å²) < 4.78 is 18.9. The van der Waals surface area contributed by atoms with E-state index >= 15 is 0 Å². The lowest BCUT2D eigenvalue weighted by Crippen LogP contribution is -2.44. The zero-order valence-electron chi connectivity index (χ0n) is 39.3. The standard InChI is InChI=1S/C52H62N8O10/c1-4-7-8-15-24-56-52(67)57-51(53)55-26-28-59-47(63)43-37(22-20-35-41-39(33(5-2)68-35)45(61)58(46(41)62)27-25-54-29-31-16-11-9-12-17-31)70-38(44(43)48(59)64)23-21-36-42-40(34(6-3)69-36)49(65)60(50(42)66)30-32-18-13-10-14-19-32/h5-6,9-14,16-23,33-44,54H,2-4,7-8,15,24-30H2,1H3,(H4,53,55,56,57,67)/b22-20-,23-21-. The van der Waals surface area contributed by atoms with E-state index in [0.29, 0.717) is 19.6 Å². The molecule has 12 unspecified atom stereocenters. The minimum atomic E-state index is -1.02. The van der Waals surface area contributed by atoms with Crippen molar-refractivity contribution in [3.63, 3.8) is 0 Å². The Morgan fingerprint density at radius 2 is 1.04 bits per heavy atom. The van der Waals surface area contributed by atoms with Gasteiger partial charge >= 0.3 is 6.03 Å². The number of rotatable bonds is 21. The second kappa shape index (κ2) is 22.4. The molecule has 0 aromatic heterocycles. The van der Waals surface area contributed by atoms with Gasteiger partial charge in [-0.05, 0) is 17.5 Å². The van der Waals surface area contributed by atoms with Gasteiger partial charge in [-0.25, -0.2) is 4.79 Å². The van der Waals surface area contributed by atoms with Crippen molar-refractivity contribution in [2.24, 2.45) is 46.2 Å². The van der Waals surface area contributed by atoms with E-state index in [-0.39, 0.29) is 49.9 Å². The van der Waals surface area contributed by atoms with Crippen LogP contribution in [0.2, 0.25) is 0 Å². The first-order chi connectivity index (χ1) is 33.9. The van der Waals surface area contributed by atoms with Crippen LogP contribution in [0.25, 0.3) is 0 Å². The molecule has 6 heterocycles. The first-order valence-electron chi connectivity index (χ1n) is 24.2. The zero-order valence-corrected chi connectivity index (χ0v) is 39.3. The molecule has 0 aliphatic carbocycles. The van der Waals surface area contributed by atoms with Crippen molar-refractivity contribution in [2.45, 2.75) is 82.3 Å². The fourth-order valence-electron chi connectivity index (χ4n) is 10.6. The van der Waals surface area contributed by atoms with Crippen LogP contribution in [-0.4, -0.2) is 131 Å². The lowest BCUT2D eigenvalue weighted by atomic mass is 9.86. The molecule has 12 atom stereocenters. The maximum absolute atomic E-state index is 14.3. The van der Waals surface area contributed by atoms with E-state index in [0.717, 1.165) is 41.7 Å². The number of carbonyl (C=O) groups is 7. The van der Waals surface area contributed by atoms with Gasteiger partial charge in [-0.3, -0.25) is 53.8 Å². The average molecular weight is 959 g/mol. The summed E-state index contributed by atoms with van der Waals surface area (Å²) in [5, 5.41) is 8.49. The van der Waals surface area contributed by atoms with Crippen molar-refractivity contribution in [1.82, 2.24) is 30.7 Å². The zero-order chi connectivity index (χ0) is 49.5. The summed E-state index contributed by atoms with van der Waals surface area (Å²) in [5.41, 5.74) is 7.85. The molecular weight excluding hydrogens is 897 g/mol. The summed E-state index contributed by atoms with van der Waals surface area (Å²) in [6.07, 6.45) is 8.12. The molecule has 8 amide bonds. The van der Waals surface area contributed by atoms with Crippen LogP contribution in [0.3, 0.4) is 0 Å². The number of hydrogen-bond acceptors (Lipinski definition) is 12. The summed E-state index contributed by atoms with van der Waals surface area (Å²) in [4.78, 5) is 104. The van der Waals surface area contributed by atoms with E-state index in [1.54, 1.807) is 24.3 Å². The smallest absolute Gasteiger partial charge is 0.321 e. The van der Waals surface area contributed by atoms with Crippen molar-refractivity contribution in [3.05, 3.63) is 121 Å². The van der Waals surface area contributed by atoms with Crippen LogP contribution in [0.1, 0.15) is 43.7 Å². The number of likely N-dealkylation sites (tertiary alicyclic amines) is 3. The topological polar surface area (TPSA) is 231 Å². The minimum Gasteiger partial charge on any atom is -0.370 e. The Balaban J connectivity index is 0.987. The number of carbonyl (C=O) groups excluding carboxylic acids is 7. The molecule has 0 radical (unpaired) electrons. The largest absolute Gasteiger partial charge is 0.370 e. The predicted molar refractivity (Wildman–Crippen MR) is 256 cm³/mol. The van der Waals surface area contributed by atoms with E-state index in [4.69, 9.17) is 19.9 Å². The Morgan fingerprint density at radius 3 is 1.53 bits per heavy atom. The molecule has 2 aromatic rings. The van der Waals surface area contributed by atoms with Crippen molar-refractivity contribution < 1.29 is 47.8 Å². The number of nitrogens with zero attached hydrogens (tertiary/aromatic N) is 4. The molecule has 0 spiro atoms. The minimum absolute atomic E-state index is 0.101. The van der Waals surface area contributed by atoms with Gasteiger partial charge in [-0.2, -0.15) is 0 Å². The van der Waals surface area contributed by atoms with Crippen molar-refractivity contribution in [1.29, 1.82) is 0 Å². The third-order valence-electron chi connectivity index (χ3n) is 14.0. The van der Waals surface area contributed by atoms with E-state index in [1.165, 1.54) is 22.0 Å². The van der Waals surface area contributed by atoms with Gasteiger partial charge in [0.25, 0.3) is 0 Å². The highest BCUT2D eigenvalue weighted by molar-refractivity contribution is 6.08. The summed E-state index contributed by atoms with van der Waals surface area (Å²) in [7, 11) is 0. The van der Waals surface area contributed by atoms with Crippen LogP contribution < -0.4 is 21.7 Å². The first kappa shape index (κ1) is 49.8. The Hall–Kier alpha value is -6.60. The molecule has 6 aliphatic rings. The highest BCUT2D eigenvalue weighted by Gasteiger charge is 2.62. The van der Waals surface area contributed by atoms with Gasteiger partial charge in [0.05, 0.1) is 85.2 Å². The summed E-state index contributed by atoms with van der Waals surface area (Å²) in [6.45, 7) is 11.3. The second-order valence-electron chi connectivity index (χ2n) is 18.4. The van der Waals surface area contributed by atoms with Crippen molar-refractivity contribution in [2.75, 3.05) is 32.7 Å². The summed E-state index contributed by atoms with van der Waals surface area (Å²) >= 11 is 0. The number of hydrogen-bond donors (Lipinski definition) is 4. The van der Waals surface area contributed by atoms with E-state index < -0.39 is 95.9 Å². The highest BCUT2D eigenvalue weighted by Crippen LogP contribution is 2.46. The molecular formula is C52H62N8O10. The third-order valence-corrected chi connectivity index (χ3v) is 14.0. The Labute approximate surface area is 407 Å².